The van der Waals surface area contributed by atoms with Crippen LogP contribution in [0.1, 0.15) is 50.9 Å². The molecule has 0 heteroatoms. The lowest BCUT2D eigenvalue weighted by atomic mass is 9.98. The Hall–Kier alpha value is -2.34. The van der Waals surface area contributed by atoms with Gasteiger partial charge in [-0.3, -0.25) is 0 Å². The van der Waals surface area contributed by atoms with Gasteiger partial charge < -0.3 is 0 Å². The summed E-state index contributed by atoms with van der Waals surface area (Å²) >= 11 is 0. The number of hydrogen-bond acceptors (Lipinski definition) is 0. The minimum absolute atomic E-state index is 1.02. The third-order valence-electron chi connectivity index (χ3n) is 5.50. The molecule has 26 heavy (non-hydrogen) atoms. The summed E-state index contributed by atoms with van der Waals surface area (Å²) in [5.74, 6) is 0. The van der Waals surface area contributed by atoms with E-state index in [0.29, 0.717) is 0 Å². The molecule has 3 rings (SSSR count). The largest absolute Gasteiger partial charge is 0.0588 e. The zero-order chi connectivity index (χ0) is 18.5. The van der Waals surface area contributed by atoms with E-state index in [1.807, 2.05) is 0 Å². The van der Waals surface area contributed by atoms with Crippen LogP contribution in [0.15, 0.2) is 60.7 Å². The Morgan fingerprint density at radius 3 is 1.54 bits per heavy atom. The maximum Gasteiger partial charge on any atom is -0.00257 e. The van der Waals surface area contributed by atoms with Crippen LogP contribution in [0.4, 0.5) is 0 Å². The van der Waals surface area contributed by atoms with Crippen LogP contribution >= 0.6 is 0 Å². The molecule has 3 aromatic rings. The molecule has 134 valence electrons. The molecule has 0 spiro atoms. The molecular formula is C26H30. The quantitative estimate of drug-likeness (QED) is 0.468. The lowest BCUT2D eigenvalue weighted by Gasteiger charge is -2.08. The Labute approximate surface area is 158 Å². The molecule has 0 saturated heterocycles. The van der Waals surface area contributed by atoms with E-state index < -0.39 is 0 Å². The van der Waals surface area contributed by atoms with Gasteiger partial charge in [-0.15, -0.1) is 0 Å². The molecular weight excluding hydrogens is 312 g/mol. The molecule has 0 amide bonds. The van der Waals surface area contributed by atoms with Crippen molar-refractivity contribution in [3.05, 3.63) is 105 Å². The molecule has 0 heterocycles. The zero-order valence-corrected chi connectivity index (χ0v) is 16.6. The highest BCUT2D eigenvalue weighted by Gasteiger charge is 2.01. The summed E-state index contributed by atoms with van der Waals surface area (Å²) in [7, 11) is 0. The molecule has 0 atom stereocenters. The molecule has 3 aromatic carbocycles. The van der Waals surface area contributed by atoms with E-state index in [2.05, 4.69) is 88.4 Å². The first-order chi connectivity index (χ1) is 12.5. The van der Waals surface area contributed by atoms with Gasteiger partial charge in [0.1, 0.15) is 0 Å². The Kier molecular flexibility index (Phi) is 5.93. The summed E-state index contributed by atoms with van der Waals surface area (Å²) in [6, 6.07) is 22.8. The van der Waals surface area contributed by atoms with E-state index in [1.165, 1.54) is 50.9 Å². The zero-order valence-electron chi connectivity index (χ0n) is 16.6. The Morgan fingerprint density at radius 1 is 0.462 bits per heavy atom. The van der Waals surface area contributed by atoms with Crippen LogP contribution in [0, 0.1) is 27.7 Å². The summed E-state index contributed by atoms with van der Waals surface area (Å²) in [5, 5.41) is 0. The van der Waals surface area contributed by atoms with Crippen molar-refractivity contribution in [2.75, 3.05) is 0 Å². The summed E-state index contributed by atoms with van der Waals surface area (Å²) in [5.41, 5.74) is 11.2. The number of rotatable bonds is 6. The normalized spacial score (nSPS) is 10.9. The van der Waals surface area contributed by atoms with E-state index in [0.717, 1.165) is 19.3 Å². The van der Waals surface area contributed by atoms with Crippen LogP contribution in [0.25, 0.3) is 0 Å². The van der Waals surface area contributed by atoms with Gasteiger partial charge in [0.15, 0.2) is 0 Å². The monoisotopic (exact) mass is 342 g/mol. The maximum absolute atomic E-state index is 2.34. The fourth-order valence-electron chi connectivity index (χ4n) is 3.43. The van der Waals surface area contributed by atoms with Gasteiger partial charge in [-0.05, 0) is 97.9 Å². The lowest BCUT2D eigenvalue weighted by Crippen LogP contribution is -1.94. The topological polar surface area (TPSA) is 0 Å². The van der Waals surface area contributed by atoms with Crippen molar-refractivity contribution < 1.29 is 0 Å². The average molecular weight is 343 g/mol. The van der Waals surface area contributed by atoms with Gasteiger partial charge >= 0.3 is 0 Å². The lowest BCUT2D eigenvalue weighted by molar-refractivity contribution is 0.819. The Balaban J connectivity index is 1.54. The second-order valence-corrected chi connectivity index (χ2v) is 7.68. The predicted molar refractivity (Wildman–Crippen MR) is 113 cm³/mol. The minimum Gasteiger partial charge on any atom is -0.0588 e. The maximum atomic E-state index is 2.34. The first-order valence-electron chi connectivity index (χ1n) is 9.71. The second kappa shape index (κ2) is 8.36. The summed E-state index contributed by atoms with van der Waals surface area (Å²) in [6.07, 6.45) is 4.53. The summed E-state index contributed by atoms with van der Waals surface area (Å²) < 4.78 is 0. The summed E-state index contributed by atoms with van der Waals surface area (Å²) in [4.78, 5) is 0. The summed E-state index contributed by atoms with van der Waals surface area (Å²) in [6.45, 7) is 8.75. The molecule has 0 fully saturated rings. The highest BCUT2D eigenvalue weighted by Crippen LogP contribution is 2.16. The third kappa shape index (κ3) is 4.85. The smallest absolute Gasteiger partial charge is 0.00257 e. The molecule has 0 bridgehead atoms. The van der Waals surface area contributed by atoms with Crippen molar-refractivity contribution in [2.24, 2.45) is 0 Å². The number of benzene rings is 3. The van der Waals surface area contributed by atoms with Gasteiger partial charge in [0.25, 0.3) is 0 Å². The van der Waals surface area contributed by atoms with Crippen LogP contribution in [0.5, 0.6) is 0 Å². The first-order valence-corrected chi connectivity index (χ1v) is 9.71. The van der Waals surface area contributed by atoms with Gasteiger partial charge in [-0.2, -0.15) is 0 Å². The van der Waals surface area contributed by atoms with Gasteiger partial charge in [0, 0.05) is 0 Å². The van der Waals surface area contributed by atoms with Gasteiger partial charge in [-0.25, -0.2) is 0 Å². The highest BCUT2D eigenvalue weighted by atomic mass is 14.1. The van der Waals surface area contributed by atoms with Crippen molar-refractivity contribution in [2.45, 2.75) is 53.4 Å². The van der Waals surface area contributed by atoms with Crippen molar-refractivity contribution in [3.63, 3.8) is 0 Å². The second-order valence-electron chi connectivity index (χ2n) is 7.68. The fraction of sp³-hybridized carbons (Fsp3) is 0.308. The SMILES string of the molecule is Cc1ccc(CCCc2ccc(Cc3ccc(C)c(C)c3)cc2)cc1C. The van der Waals surface area contributed by atoms with E-state index >= 15 is 0 Å². The first kappa shape index (κ1) is 18.5. The molecule has 0 nitrogen and oxygen atoms in total. The van der Waals surface area contributed by atoms with Crippen molar-refractivity contribution in [1.29, 1.82) is 0 Å². The highest BCUT2D eigenvalue weighted by molar-refractivity contribution is 5.34. The molecule has 0 aliphatic heterocycles. The van der Waals surface area contributed by atoms with Crippen molar-refractivity contribution >= 4 is 0 Å². The van der Waals surface area contributed by atoms with Gasteiger partial charge in [-0.1, -0.05) is 60.7 Å². The molecule has 0 N–H and O–H groups in total. The number of hydrogen-bond donors (Lipinski definition) is 0. The molecule has 0 radical (unpaired) electrons. The van der Waals surface area contributed by atoms with E-state index in [1.54, 1.807) is 0 Å². The molecule has 0 unspecified atom stereocenters. The fourth-order valence-corrected chi connectivity index (χ4v) is 3.43. The Morgan fingerprint density at radius 2 is 0.923 bits per heavy atom. The minimum atomic E-state index is 1.02. The molecule has 0 aliphatic carbocycles. The van der Waals surface area contributed by atoms with Crippen LogP contribution in [-0.4, -0.2) is 0 Å². The van der Waals surface area contributed by atoms with Crippen LogP contribution in [-0.2, 0) is 19.3 Å². The van der Waals surface area contributed by atoms with Gasteiger partial charge in [0.2, 0.25) is 0 Å². The van der Waals surface area contributed by atoms with E-state index in [9.17, 15) is 0 Å². The van der Waals surface area contributed by atoms with Crippen LogP contribution < -0.4 is 0 Å². The molecule has 0 aliphatic rings. The van der Waals surface area contributed by atoms with Crippen LogP contribution in [0.3, 0.4) is 0 Å². The van der Waals surface area contributed by atoms with Crippen molar-refractivity contribution in [1.82, 2.24) is 0 Å². The Bertz CT molecular complexity index is 869. The third-order valence-corrected chi connectivity index (χ3v) is 5.50. The van der Waals surface area contributed by atoms with Crippen molar-refractivity contribution in [3.8, 4) is 0 Å². The predicted octanol–water partition coefficient (Wildman–Crippen LogP) is 6.69. The van der Waals surface area contributed by atoms with Gasteiger partial charge in [0.05, 0.1) is 0 Å². The van der Waals surface area contributed by atoms with E-state index in [4.69, 9.17) is 0 Å². The molecule has 0 aromatic heterocycles. The number of aryl methyl sites for hydroxylation is 6. The van der Waals surface area contributed by atoms with E-state index in [-0.39, 0.29) is 0 Å². The molecule has 0 saturated carbocycles. The van der Waals surface area contributed by atoms with Crippen LogP contribution in [0.2, 0.25) is 0 Å². The standard InChI is InChI=1S/C26H30/c1-19-8-10-24(16-21(19)3)7-5-6-23-12-14-25(15-13-23)18-26-11-9-20(2)22(4)17-26/h8-17H,5-7,18H2,1-4H3. The average Bonchev–Trinajstić information content (AvgIpc) is 2.63.